The molecule has 0 saturated carbocycles. The van der Waals surface area contributed by atoms with E-state index >= 15 is 0 Å². The van der Waals surface area contributed by atoms with Crippen LogP contribution in [0.25, 0.3) is 10.2 Å². The number of carbonyl (C=O) groups is 2. The normalized spacial score (nSPS) is 13.3. The first kappa shape index (κ1) is 27.9. The quantitative estimate of drug-likeness (QED) is 0.150. The predicted octanol–water partition coefficient (Wildman–Crippen LogP) is 5.63. The molecule has 8 nitrogen and oxygen atoms in total. The molecule has 0 spiro atoms. The summed E-state index contributed by atoms with van der Waals surface area (Å²) in [6, 6.07) is 7.61. The molecule has 0 radical (unpaired) electrons. The van der Waals surface area contributed by atoms with E-state index in [0.29, 0.717) is 38.0 Å². The van der Waals surface area contributed by atoms with E-state index in [4.69, 9.17) is 9.72 Å². The SMILES string of the molecule is CCOC(=O)c1sc2nc(SCC(=O)Nc3ccc(N(C)C)cc3)n(CCC3=CCCCC3)c(=O)c2c1C. The first-order valence-corrected chi connectivity index (χ1v) is 14.7. The van der Waals surface area contributed by atoms with E-state index in [1.54, 1.807) is 18.4 Å². The standard InChI is InChI=1S/C28H34N4O4S2/c1-5-36-27(35)24-18(2)23-25(38-24)30-28(32(26(23)34)16-15-19-9-7-6-8-10-19)37-17-22(33)29-20-11-13-21(14-12-20)31(3)4/h9,11-14H,5-8,10,15-17H2,1-4H3,(H,29,33). The highest BCUT2D eigenvalue weighted by molar-refractivity contribution is 7.99. The molecular weight excluding hydrogens is 520 g/mol. The van der Waals surface area contributed by atoms with Gasteiger partial charge in [-0.3, -0.25) is 14.2 Å². The van der Waals surface area contributed by atoms with Crippen LogP contribution in [-0.4, -0.2) is 47.9 Å². The van der Waals surface area contributed by atoms with Gasteiger partial charge in [0.05, 0.1) is 17.7 Å². The molecule has 3 aromatic rings. The first-order valence-electron chi connectivity index (χ1n) is 12.9. The summed E-state index contributed by atoms with van der Waals surface area (Å²) in [4.78, 5) is 46.6. The Kier molecular flexibility index (Phi) is 9.27. The number of thiophene rings is 1. The number of allylic oxidation sites excluding steroid dienone is 2. The van der Waals surface area contributed by atoms with Gasteiger partial charge in [0.2, 0.25) is 5.91 Å². The third kappa shape index (κ3) is 6.47. The van der Waals surface area contributed by atoms with Gasteiger partial charge in [-0.25, -0.2) is 9.78 Å². The van der Waals surface area contributed by atoms with Crippen molar-refractivity contribution in [1.82, 2.24) is 9.55 Å². The summed E-state index contributed by atoms with van der Waals surface area (Å²) < 4.78 is 6.85. The monoisotopic (exact) mass is 554 g/mol. The summed E-state index contributed by atoms with van der Waals surface area (Å²) in [6.07, 6.45) is 7.53. The van der Waals surface area contributed by atoms with E-state index in [-0.39, 0.29) is 23.8 Å². The number of hydrogen-bond acceptors (Lipinski definition) is 8. The molecule has 0 aliphatic heterocycles. The third-order valence-corrected chi connectivity index (χ3v) is 8.66. The van der Waals surface area contributed by atoms with Crippen LogP contribution in [0.5, 0.6) is 0 Å². The minimum atomic E-state index is -0.444. The Morgan fingerprint density at radius 1 is 1.21 bits per heavy atom. The van der Waals surface area contributed by atoms with Crippen LogP contribution in [-0.2, 0) is 16.1 Å². The molecule has 0 unspecified atom stereocenters. The van der Waals surface area contributed by atoms with Crippen LogP contribution < -0.4 is 15.8 Å². The van der Waals surface area contributed by atoms with E-state index in [9.17, 15) is 14.4 Å². The molecule has 1 N–H and O–H groups in total. The first-order chi connectivity index (χ1) is 18.3. The van der Waals surface area contributed by atoms with Crippen molar-refractivity contribution >= 4 is 56.6 Å². The van der Waals surface area contributed by atoms with Gasteiger partial charge in [-0.15, -0.1) is 11.3 Å². The molecule has 1 aliphatic carbocycles. The highest BCUT2D eigenvalue weighted by atomic mass is 32.2. The van der Waals surface area contributed by atoms with E-state index < -0.39 is 5.97 Å². The lowest BCUT2D eigenvalue weighted by Crippen LogP contribution is -2.24. The Hall–Kier alpha value is -3.11. The number of aryl methyl sites for hydroxylation is 1. The molecule has 0 atom stereocenters. The fourth-order valence-electron chi connectivity index (χ4n) is 4.45. The molecule has 4 rings (SSSR count). The van der Waals surface area contributed by atoms with Crippen molar-refractivity contribution in [3.63, 3.8) is 0 Å². The Labute approximate surface area is 231 Å². The summed E-state index contributed by atoms with van der Waals surface area (Å²) >= 11 is 2.40. The second kappa shape index (κ2) is 12.6. The van der Waals surface area contributed by atoms with Gasteiger partial charge >= 0.3 is 5.97 Å². The number of carbonyl (C=O) groups excluding carboxylic acids is 2. The van der Waals surface area contributed by atoms with Gasteiger partial charge in [-0.1, -0.05) is 23.4 Å². The van der Waals surface area contributed by atoms with E-state index in [0.717, 1.165) is 24.9 Å². The number of aromatic nitrogens is 2. The summed E-state index contributed by atoms with van der Waals surface area (Å²) in [5, 5.41) is 3.84. The molecule has 2 aromatic heterocycles. The van der Waals surface area contributed by atoms with Gasteiger partial charge in [0, 0.05) is 32.0 Å². The number of rotatable bonds is 10. The van der Waals surface area contributed by atoms with Crippen LogP contribution in [0.4, 0.5) is 11.4 Å². The smallest absolute Gasteiger partial charge is 0.348 e. The van der Waals surface area contributed by atoms with Gasteiger partial charge in [0.25, 0.3) is 5.56 Å². The number of nitrogens with one attached hydrogen (secondary N) is 1. The number of esters is 1. The third-order valence-electron chi connectivity index (χ3n) is 6.52. The second-order valence-corrected chi connectivity index (χ2v) is 11.4. The maximum Gasteiger partial charge on any atom is 0.348 e. The molecule has 1 aromatic carbocycles. The average Bonchev–Trinajstić information content (AvgIpc) is 3.24. The molecule has 0 bridgehead atoms. The Balaban J connectivity index is 1.59. The Bertz CT molecular complexity index is 1410. The number of anilines is 2. The van der Waals surface area contributed by atoms with Gasteiger partial charge in [-0.2, -0.15) is 0 Å². The van der Waals surface area contributed by atoms with Crippen LogP contribution in [0.1, 0.15) is 54.3 Å². The van der Waals surface area contributed by atoms with Crippen molar-refractivity contribution in [3.05, 3.63) is 56.7 Å². The maximum atomic E-state index is 13.7. The number of ether oxygens (including phenoxy) is 1. The van der Waals surface area contributed by atoms with Crippen molar-refractivity contribution in [3.8, 4) is 0 Å². The largest absolute Gasteiger partial charge is 0.462 e. The zero-order chi connectivity index (χ0) is 27.2. The molecular formula is C28H34N4O4S2. The van der Waals surface area contributed by atoms with E-state index in [1.165, 1.54) is 41.5 Å². The maximum absolute atomic E-state index is 13.7. The van der Waals surface area contributed by atoms with Crippen LogP contribution in [0.3, 0.4) is 0 Å². The molecule has 2 heterocycles. The zero-order valence-corrected chi connectivity index (χ0v) is 24.0. The lowest BCUT2D eigenvalue weighted by molar-refractivity contribution is -0.113. The highest BCUT2D eigenvalue weighted by Crippen LogP contribution is 2.30. The Morgan fingerprint density at radius 2 is 1.97 bits per heavy atom. The number of hydrogen-bond donors (Lipinski definition) is 1. The van der Waals surface area contributed by atoms with Crippen LogP contribution in [0, 0.1) is 6.92 Å². The van der Waals surface area contributed by atoms with E-state index in [2.05, 4.69) is 11.4 Å². The summed E-state index contributed by atoms with van der Waals surface area (Å²) in [7, 11) is 3.92. The van der Waals surface area contributed by atoms with Crippen molar-refractivity contribution in [2.75, 3.05) is 36.7 Å². The average molecular weight is 555 g/mol. The lowest BCUT2D eigenvalue weighted by atomic mass is 9.97. The predicted molar refractivity (Wildman–Crippen MR) is 156 cm³/mol. The molecule has 0 saturated heterocycles. The molecule has 1 amide bonds. The van der Waals surface area contributed by atoms with Crippen molar-refractivity contribution < 1.29 is 14.3 Å². The van der Waals surface area contributed by atoms with Gasteiger partial charge in [-0.05, 0) is 75.8 Å². The molecule has 10 heteroatoms. The van der Waals surface area contributed by atoms with Crippen molar-refractivity contribution in [2.45, 2.75) is 57.7 Å². The number of thioether (sulfide) groups is 1. The van der Waals surface area contributed by atoms with Gasteiger partial charge in [0.15, 0.2) is 5.16 Å². The summed E-state index contributed by atoms with van der Waals surface area (Å²) in [5.74, 6) is -0.524. The summed E-state index contributed by atoms with van der Waals surface area (Å²) in [6.45, 7) is 4.26. The number of fused-ring (bicyclic) bond motifs is 1. The van der Waals surface area contributed by atoms with Crippen LogP contribution in [0.15, 0.2) is 45.9 Å². The molecule has 38 heavy (non-hydrogen) atoms. The van der Waals surface area contributed by atoms with E-state index in [1.807, 2.05) is 43.3 Å². The lowest BCUT2D eigenvalue weighted by Gasteiger charge is -2.16. The second-order valence-electron chi connectivity index (χ2n) is 9.44. The van der Waals surface area contributed by atoms with Crippen LogP contribution in [0.2, 0.25) is 0 Å². The van der Waals surface area contributed by atoms with Crippen LogP contribution >= 0.6 is 23.1 Å². The van der Waals surface area contributed by atoms with Gasteiger partial charge < -0.3 is 15.0 Å². The molecule has 1 aliphatic rings. The fourth-order valence-corrected chi connectivity index (χ4v) is 6.40. The fraction of sp³-hybridized carbons (Fsp3) is 0.429. The minimum Gasteiger partial charge on any atom is -0.462 e. The molecule has 202 valence electrons. The number of amides is 1. The minimum absolute atomic E-state index is 0.102. The number of nitrogens with zero attached hydrogens (tertiary/aromatic N) is 3. The highest BCUT2D eigenvalue weighted by Gasteiger charge is 2.23. The van der Waals surface area contributed by atoms with Gasteiger partial charge in [0.1, 0.15) is 9.71 Å². The topological polar surface area (TPSA) is 93.5 Å². The van der Waals surface area contributed by atoms with Crippen molar-refractivity contribution in [2.24, 2.45) is 0 Å². The van der Waals surface area contributed by atoms with Crippen molar-refractivity contribution in [1.29, 1.82) is 0 Å². The number of benzene rings is 1. The zero-order valence-electron chi connectivity index (χ0n) is 22.3. The molecule has 0 fully saturated rings. The summed E-state index contributed by atoms with van der Waals surface area (Å²) in [5.41, 5.74) is 3.52. The Morgan fingerprint density at radius 3 is 2.63 bits per heavy atom.